The quantitative estimate of drug-likeness (QED) is 0.645. The van der Waals surface area contributed by atoms with Crippen LogP contribution in [0.3, 0.4) is 0 Å². The van der Waals surface area contributed by atoms with Crippen LogP contribution in [-0.2, 0) is 0 Å². The van der Waals surface area contributed by atoms with E-state index < -0.39 is 0 Å². The van der Waals surface area contributed by atoms with Gasteiger partial charge in [-0.3, -0.25) is 0 Å². The van der Waals surface area contributed by atoms with Crippen molar-refractivity contribution in [1.82, 2.24) is 0 Å². The molecule has 0 radical (unpaired) electrons. The Morgan fingerprint density at radius 1 is 0.737 bits per heavy atom. The van der Waals surface area contributed by atoms with E-state index in [4.69, 9.17) is 0 Å². The van der Waals surface area contributed by atoms with Crippen molar-refractivity contribution in [3.8, 4) is 0 Å². The maximum Gasteiger partial charge on any atom is 0.167 e. The number of hydrogen-bond acceptors (Lipinski definition) is 0. The first kappa shape index (κ1) is 11.7. The van der Waals surface area contributed by atoms with Crippen molar-refractivity contribution < 1.29 is 4.98 Å². The maximum absolute atomic E-state index is 3.03. The number of nitrogens with one attached hydrogen (secondary N) is 1. The molecule has 0 saturated heterocycles. The lowest BCUT2D eigenvalue weighted by molar-refractivity contribution is -0.378. The lowest BCUT2D eigenvalue weighted by Crippen LogP contribution is -1.96. The average Bonchev–Trinajstić information content (AvgIpc) is 2.46. The molecule has 1 heteroatoms. The Morgan fingerprint density at radius 2 is 1.42 bits per heavy atom. The number of aryl methyl sites for hydroxylation is 1. The second kappa shape index (κ2) is 5.07. The van der Waals surface area contributed by atoms with E-state index in [1.54, 1.807) is 0 Å². The molecule has 1 N–H and O–H groups in total. The van der Waals surface area contributed by atoms with Gasteiger partial charge in [-0.1, -0.05) is 48.0 Å². The van der Waals surface area contributed by atoms with Gasteiger partial charge < -0.3 is 0 Å². The third-order valence-electron chi connectivity index (χ3n) is 3.23. The van der Waals surface area contributed by atoms with E-state index in [9.17, 15) is 0 Å². The number of pyridine rings is 1. The fourth-order valence-corrected chi connectivity index (χ4v) is 2.19. The zero-order valence-corrected chi connectivity index (χ0v) is 10.9. The number of H-pyrrole nitrogens is 1. The summed E-state index contributed by atoms with van der Waals surface area (Å²) < 4.78 is 0. The Balaban J connectivity index is 1.94. The Bertz CT molecular complexity index is 727. The first-order valence-electron chi connectivity index (χ1n) is 6.46. The van der Waals surface area contributed by atoms with Crippen LogP contribution in [0.15, 0.2) is 60.9 Å². The number of fused-ring (bicyclic) bond motifs is 1. The Kier molecular flexibility index (Phi) is 3.11. The predicted molar refractivity (Wildman–Crippen MR) is 80.6 cm³/mol. The summed E-state index contributed by atoms with van der Waals surface area (Å²) in [5, 5.41) is 2.58. The summed E-state index contributed by atoms with van der Waals surface area (Å²) in [4.78, 5) is 3.03. The SMILES string of the molecule is Cc1ccc2cc(/C=C/c3cc[nH+]cc3)ccc2c1. The first-order chi connectivity index (χ1) is 9.31. The monoisotopic (exact) mass is 246 g/mol. The van der Waals surface area contributed by atoms with Crippen LogP contribution in [-0.4, -0.2) is 0 Å². The Morgan fingerprint density at radius 3 is 2.26 bits per heavy atom. The van der Waals surface area contributed by atoms with Crippen LogP contribution >= 0.6 is 0 Å². The van der Waals surface area contributed by atoms with E-state index in [-0.39, 0.29) is 0 Å². The highest BCUT2D eigenvalue weighted by molar-refractivity contribution is 5.86. The van der Waals surface area contributed by atoms with Crippen LogP contribution < -0.4 is 4.98 Å². The minimum atomic E-state index is 1.20. The normalized spacial score (nSPS) is 11.2. The van der Waals surface area contributed by atoms with Gasteiger partial charge in [-0.15, -0.1) is 0 Å². The molecule has 19 heavy (non-hydrogen) atoms. The average molecular weight is 246 g/mol. The van der Waals surface area contributed by atoms with E-state index >= 15 is 0 Å². The van der Waals surface area contributed by atoms with Crippen molar-refractivity contribution >= 4 is 22.9 Å². The number of rotatable bonds is 2. The van der Waals surface area contributed by atoms with Crippen LogP contribution in [0.5, 0.6) is 0 Å². The number of hydrogen-bond donors (Lipinski definition) is 0. The van der Waals surface area contributed by atoms with Crippen molar-refractivity contribution in [2.75, 3.05) is 0 Å². The molecule has 0 bridgehead atoms. The van der Waals surface area contributed by atoms with E-state index in [2.05, 4.69) is 72.6 Å². The van der Waals surface area contributed by atoms with Crippen molar-refractivity contribution in [3.05, 3.63) is 77.6 Å². The molecule has 0 saturated carbocycles. The second-order valence-corrected chi connectivity index (χ2v) is 4.78. The Labute approximate surface area is 113 Å². The highest BCUT2D eigenvalue weighted by Crippen LogP contribution is 2.19. The third kappa shape index (κ3) is 2.71. The molecular formula is C18H16N+. The van der Waals surface area contributed by atoms with Gasteiger partial charge in [0, 0.05) is 12.1 Å². The van der Waals surface area contributed by atoms with Crippen molar-refractivity contribution in [1.29, 1.82) is 0 Å². The predicted octanol–water partition coefficient (Wildman–Crippen LogP) is 4.13. The molecule has 0 fully saturated rings. The molecule has 0 unspecified atom stereocenters. The minimum absolute atomic E-state index is 1.20. The van der Waals surface area contributed by atoms with Gasteiger partial charge in [0.05, 0.1) is 0 Å². The van der Waals surface area contributed by atoms with Gasteiger partial charge in [-0.2, -0.15) is 0 Å². The summed E-state index contributed by atoms with van der Waals surface area (Å²) in [7, 11) is 0. The number of aromatic amines is 1. The molecule has 1 aromatic heterocycles. The van der Waals surface area contributed by atoms with E-state index in [0.717, 1.165) is 0 Å². The zero-order chi connectivity index (χ0) is 13.1. The fraction of sp³-hybridized carbons (Fsp3) is 0.0556. The number of benzene rings is 2. The topological polar surface area (TPSA) is 14.1 Å². The summed E-state index contributed by atoms with van der Waals surface area (Å²) in [5.41, 5.74) is 3.73. The third-order valence-corrected chi connectivity index (χ3v) is 3.23. The maximum atomic E-state index is 3.03. The van der Waals surface area contributed by atoms with Crippen LogP contribution in [0.1, 0.15) is 16.7 Å². The van der Waals surface area contributed by atoms with Crippen LogP contribution in [0.2, 0.25) is 0 Å². The molecule has 1 nitrogen and oxygen atoms in total. The lowest BCUT2D eigenvalue weighted by atomic mass is 10.0. The van der Waals surface area contributed by atoms with Gasteiger partial charge in [-0.25, -0.2) is 4.98 Å². The van der Waals surface area contributed by atoms with Gasteiger partial charge in [0.25, 0.3) is 0 Å². The minimum Gasteiger partial charge on any atom is -0.218 e. The van der Waals surface area contributed by atoms with E-state index in [1.165, 1.54) is 27.5 Å². The van der Waals surface area contributed by atoms with Crippen LogP contribution in [0.4, 0.5) is 0 Å². The van der Waals surface area contributed by atoms with E-state index in [1.807, 2.05) is 12.4 Å². The van der Waals surface area contributed by atoms with Gasteiger partial charge in [0.2, 0.25) is 0 Å². The second-order valence-electron chi connectivity index (χ2n) is 4.78. The summed E-state index contributed by atoms with van der Waals surface area (Å²) in [6.45, 7) is 2.12. The van der Waals surface area contributed by atoms with Crippen molar-refractivity contribution in [2.24, 2.45) is 0 Å². The molecule has 0 aliphatic heterocycles. The number of aromatic nitrogens is 1. The van der Waals surface area contributed by atoms with Crippen molar-refractivity contribution in [3.63, 3.8) is 0 Å². The molecular weight excluding hydrogens is 230 g/mol. The largest absolute Gasteiger partial charge is 0.218 e. The van der Waals surface area contributed by atoms with Gasteiger partial charge >= 0.3 is 0 Å². The fourth-order valence-electron chi connectivity index (χ4n) is 2.19. The molecule has 3 rings (SSSR count). The van der Waals surface area contributed by atoms with Gasteiger partial charge in [0.1, 0.15) is 0 Å². The molecule has 0 aliphatic rings. The standard InChI is InChI=1S/C18H15N/c1-14-2-6-18-13-16(5-7-17(18)12-14)4-3-15-8-10-19-11-9-15/h2-13H,1H3/p+1/b4-3+. The van der Waals surface area contributed by atoms with Crippen LogP contribution in [0.25, 0.3) is 22.9 Å². The molecule has 0 spiro atoms. The molecule has 0 amide bonds. The summed E-state index contributed by atoms with van der Waals surface area (Å²) >= 11 is 0. The molecule has 0 aliphatic carbocycles. The summed E-state index contributed by atoms with van der Waals surface area (Å²) in [6.07, 6.45) is 8.14. The molecule has 1 heterocycles. The summed E-state index contributed by atoms with van der Waals surface area (Å²) in [5.74, 6) is 0. The van der Waals surface area contributed by atoms with Gasteiger partial charge in [-0.05, 0) is 34.9 Å². The zero-order valence-electron chi connectivity index (χ0n) is 10.9. The molecule has 92 valence electrons. The highest BCUT2D eigenvalue weighted by Gasteiger charge is 1.95. The van der Waals surface area contributed by atoms with Crippen molar-refractivity contribution in [2.45, 2.75) is 6.92 Å². The summed E-state index contributed by atoms with van der Waals surface area (Å²) in [6, 6.07) is 17.2. The van der Waals surface area contributed by atoms with E-state index in [0.29, 0.717) is 0 Å². The lowest BCUT2D eigenvalue weighted by Gasteiger charge is -2.01. The van der Waals surface area contributed by atoms with Gasteiger partial charge in [0.15, 0.2) is 12.4 Å². The highest BCUT2D eigenvalue weighted by atomic mass is 14.6. The molecule has 3 aromatic rings. The van der Waals surface area contributed by atoms with Crippen LogP contribution in [0, 0.1) is 6.92 Å². The first-order valence-corrected chi connectivity index (χ1v) is 6.46. The molecule has 0 atom stereocenters. The molecule has 2 aromatic carbocycles. The smallest absolute Gasteiger partial charge is 0.167 e. The Hall–Kier alpha value is -2.41.